The molecule has 0 amide bonds. The van der Waals surface area contributed by atoms with E-state index in [1.807, 2.05) is 0 Å². The molecule has 0 aliphatic heterocycles. The van der Waals surface area contributed by atoms with Crippen molar-refractivity contribution in [3.05, 3.63) is 12.7 Å². The molecule has 0 aromatic rings. The predicted molar refractivity (Wildman–Crippen MR) is 88.5 cm³/mol. The number of phosphoric acid groups is 1. The summed E-state index contributed by atoms with van der Waals surface area (Å²) in [6.07, 6.45) is 6.72. The first-order valence-electron chi connectivity index (χ1n) is 8.91. The van der Waals surface area contributed by atoms with Crippen LogP contribution >= 0.6 is 15.4 Å². The molecule has 5 rings (SSSR count). The molecule has 2 unspecified atom stereocenters. The van der Waals surface area contributed by atoms with Gasteiger partial charge in [0.1, 0.15) is 0 Å². The summed E-state index contributed by atoms with van der Waals surface area (Å²) in [5.41, 5.74) is -2.10. The molecular formula is C16H24O7P2. The fourth-order valence-electron chi connectivity index (χ4n) is 7.24. The number of hydrogen-bond donors (Lipinski definition) is 4. The summed E-state index contributed by atoms with van der Waals surface area (Å²) in [6.45, 7) is 3.96. The molecule has 0 aromatic heterocycles. The number of phosphoric ester groups is 1. The van der Waals surface area contributed by atoms with Crippen LogP contribution in [-0.2, 0) is 13.7 Å². The van der Waals surface area contributed by atoms with Crippen LogP contribution in [0, 0.1) is 27.6 Å². The smallest absolute Gasteiger partial charge is 0.324 e. The van der Waals surface area contributed by atoms with Gasteiger partial charge in [0, 0.05) is 10.8 Å². The number of allylic oxidation sites excluding steroid dienone is 1. The second-order valence-corrected chi connectivity index (χ2v) is 12.0. The lowest BCUT2D eigenvalue weighted by Gasteiger charge is -2.55. The first-order chi connectivity index (χ1) is 11.5. The molecule has 0 radical (unpaired) electrons. The monoisotopic (exact) mass is 390 g/mol. The summed E-state index contributed by atoms with van der Waals surface area (Å²) in [4.78, 5) is 38.8. The maximum absolute atomic E-state index is 12.1. The Labute approximate surface area is 146 Å². The maximum Gasteiger partial charge on any atom is 0.469 e. The van der Waals surface area contributed by atoms with Crippen molar-refractivity contribution in [2.75, 3.05) is 0 Å². The van der Waals surface area contributed by atoms with Gasteiger partial charge in [0.25, 0.3) is 0 Å². The van der Waals surface area contributed by atoms with Crippen LogP contribution < -0.4 is 0 Å². The Morgan fingerprint density at radius 1 is 1.00 bits per heavy atom. The second kappa shape index (κ2) is 4.35. The average Bonchev–Trinajstić information content (AvgIpc) is 3.30. The lowest BCUT2D eigenvalue weighted by molar-refractivity contribution is -0.115. The van der Waals surface area contributed by atoms with E-state index in [2.05, 4.69) is 6.58 Å². The van der Waals surface area contributed by atoms with Crippen LogP contribution in [0.2, 0.25) is 0 Å². The molecule has 5 saturated carbocycles. The Kier molecular flexibility index (Phi) is 2.98. The third kappa shape index (κ3) is 1.86. The van der Waals surface area contributed by atoms with Gasteiger partial charge in [-0.15, -0.1) is 6.58 Å². The van der Waals surface area contributed by atoms with E-state index in [4.69, 9.17) is 4.52 Å². The minimum absolute atomic E-state index is 0.150. The van der Waals surface area contributed by atoms with Crippen LogP contribution in [0.25, 0.3) is 0 Å². The van der Waals surface area contributed by atoms with Crippen molar-refractivity contribution in [1.29, 1.82) is 0 Å². The van der Waals surface area contributed by atoms with Gasteiger partial charge in [0.2, 0.25) is 0 Å². The minimum Gasteiger partial charge on any atom is -0.324 e. The molecule has 25 heavy (non-hydrogen) atoms. The highest BCUT2D eigenvalue weighted by molar-refractivity contribution is 7.53. The summed E-state index contributed by atoms with van der Waals surface area (Å²) in [6, 6.07) is 0. The van der Waals surface area contributed by atoms with Gasteiger partial charge in [0.05, 0.1) is 11.8 Å². The quantitative estimate of drug-likeness (QED) is 0.430. The van der Waals surface area contributed by atoms with Crippen molar-refractivity contribution in [2.45, 2.75) is 56.7 Å². The molecule has 4 N–H and O–H groups in total. The van der Waals surface area contributed by atoms with Crippen LogP contribution in [0.15, 0.2) is 12.7 Å². The molecule has 0 heterocycles. The molecule has 5 aliphatic carbocycles. The molecule has 4 spiro atoms. The Morgan fingerprint density at radius 3 is 1.92 bits per heavy atom. The van der Waals surface area contributed by atoms with E-state index >= 15 is 0 Å². The average molecular weight is 390 g/mol. The van der Waals surface area contributed by atoms with Crippen LogP contribution in [-0.4, -0.2) is 31.3 Å². The second-order valence-electron chi connectivity index (χ2n) is 9.01. The van der Waals surface area contributed by atoms with Crippen LogP contribution in [0.4, 0.5) is 0 Å². The predicted octanol–water partition coefficient (Wildman–Crippen LogP) is 2.56. The maximum atomic E-state index is 12.1. The van der Waals surface area contributed by atoms with Crippen molar-refractivity contribution in [2.24, 2.45) is 27.6 Å². The third-order valence-electron chi connectivity index (χ3n) is 8.26. The Hall–Kier alpha value is -0.0000000000000000416. The van der Waals surface area contributed by atoms with Gasteiger partial charge in [0.15, 0.2) is 0 Å². The van der Waals surface area contributed by atoms with Crippen LogP contribution in [0.1, 0.15) is 44.9 Å². The van der Waals surface area contributed by atoms with E-state index in [-0.39, 0.29) is 16.7 Å². The molecule has 7 nitrogen and oxygen atoms in total. The van der Waals surface area contributed by atoms with E-state index in [1.54, 1.807) is 6.08 Å². The standard InChI is InChI=1S/C16H24O7P2/c1-2-10-13(3-4-13)12(23-25(20,21)22)14(5-6-14)15(7-8-15)16(10)9-11(16)24(17,18)19/h2,10-12H,1,3-9H2,(H2,17,18,19)(H2,20,21,22)/t10-,11?,12+,16?/m0/s1. The first kappa shape index (κ1) is 17.1. The van der Waals surface area contributed by atoms with E-state index in [0.717, 1.165) is 38.5 Å². The Bertz CT molecular complexity index is 754. The SMILES string of the molecule is C=C[C@H]1C2(CC2)[C@@H](OP(=O)(O)O)C2(CC2)C2(CC2)C12CC2P(=O)(O)O. The van der Waals surface area contributed by atoms with Gasteiger partial charge < -0.3 is 19.6 Å². The highest BCUT2D eigenvalue weighted by Gasteiger charge is 2.92. The summed E-state index contributed by atoms with van der Waals surface area (Å²) in [5, 5.41) is 0. The lowest BCUT2D eigenvalue weighted by Crippen LogP contribution is -2.56. The molecule has 5 aliphatic rings. The number of fused-ring (bicyclic) bond motifs is 2. The lowest BCUT2D eigenvalue weighted by atomic mass is 9.52. The molecule has 0 bridgehead atoms. The zero-order valence-corrected chi connectivity index (χ0v) is 15.7. The molecule has 4 atom stereocenters. The zero-order chi connectivity index (χ0) is 18.1. The van der Waals surface area contributed by atoms with Crippen LogP contribution in [0.3, 0.4) is 0 Å². The van der Waals surface area contributed by atoms with Crippen molar-refractivity contribution in [3.63, 3.8) is 0 Å². The molecular weight excluding hydrogens is 366 g/mol. The van der Waals surface area contributed by atoms with Crippen molar-refractivity contribution < 1.29 is 33.2 Å². The normalized spacial score (nSPS) is 44.2. The molecule has 140 valence electrons. The minimum atomic E-state index is -4.64. The number of rotatable bonds is 4. The molecule has 9 heteroatoms. The molecule has 0 saturated heterocycles. The van der Waals surface area contributed by atoms with E-state index in [0.29, 0.717) is 6.42 Å². The summed E-state index contributed by atoms with van der Waals surface area (Å²) in [7, 11) is -8.85. The van der Waals surface area contributed by atoms with E-state index in [1.165, 1.54) is 0 Å². The van der Waals surface area contributed by atoms with E-state index < -0.39 is 38.0 Å². The van der Waals surface area contributed by atoms with Crippen molar-refractivity contribution in [3.8, 4) is 0 Å². The van der Waals surface area contributed by atoms with Gasteiger partial charge in [-0.25, -0.2) is 4.57 Å². The fraction of sp³-hybridized carbons (Fsp3) is 0.875. The highest BCUT2D eigenvalue weighted by Crippen LogP contribution is 2.96. The summed E-state index contributed by atoms with van der Waals surface area (Å²) >= 11 is 0. The number of hydrogen-bond acceptors (Lipinski definition) is 3. The highest BCUT2D eigenvalue weighted by atomic mass is 31.2. The molecule has 0 aromatic carbocycles. The summed E-state index contributed by atoms with van der Waals surface area (Å²) in [5.74, 6) is -0.150. The van der Waals surface area contributed by atoms with E-state index in [9.17, 15) is 28.7 Å². The largest absolute Gasteiger partial charge is 0.469 e. The third-order valence-corrected chi connectivity index (χ3v) is 10.2. The topological polar surface area (TPSA) is 124 Å². The van der Waals surface area contributed by atoms with Gasteiger partial charge in [-0.05, 0) is 61.7 Å². The Morgan fingerprint density at radius 2 is 1.60 bits per heavy atom. The zero-order valence-electron chi connectivity index (χ0n) is 13.9. The fourth-order valence-corrected chi connectivity index (χ4v) is 9.47. The van der Waals surface area contributed by atoms with Gasteiger partial charge >= 0.3 is 15.4 Å². The van der Waals surface area contributed by atoms with Gasteiger partial charge in [-0.2, -0.15) is 0 Å². The molecule has 5 fully saturated rings. The van der Waals surface area contributed by atoms with Gasteiger partial charge in [-0.3, -0.25) is 9.09 Å². The Balaban J connectivity index is 1.66. The van der Waals surface area contributed by atoms with Crippen molar-refractivity contribution in [1.82, 2.24) is 0 Å². The van der Waals surface area contributed by atoms with Gasteiger partial charge in [-0.1, -0.05) is 6.08 Å². The summed E-state index contributed by atoms with van der Waals surface area (Å²) < 4.78 is 29.2. The first-order valence-corrected chi connectivity index (χ1v) is 12.1. The van der Waals surface area contributed by atoms with Crippen LogP contribution in [0.5, 0.6) is 0 Å². The van der Waals surface area contributed by atoms with Crippen molar-refractivity contribution >= 4 is 15.4 Å².